The number of fused-ring (bicyclic) bond motifs is 1. The molecular formula is C27H33N5O2. The van der Waals surface area contributed by atoms with Crippen LogP contribution in [0, 0.1) is 0 Å². The fourth-order valence-electron chi connectivity index (χ4n) is 4.36. The van der Waals surface area contributed by atoms with E-state index >= 15 is 0 Å². The number of benzene rings is 2. The van der Waals surface area contributed by atoms with Gasteiger partial charge in [-0.15, -0.1) is 6.58 Å². The van der Waals surface area contributed by atoms with E-state index in [9.17, 15) is 4.79 Å². The number of carbonyl (C=O) groups excluding carboxylic acids is 1. The van der Waals surface area contributed by atoms with Crippen LogP contribution in [0.2, 0.25) is 0 Å². The molecule has 7 heteroatoms. The molecule has 0 unspecified atom stereocenters. The molecule has 0 aliphatic carbocycles. The third-order valence-electron chi connectivity index (χ3n) is 6.19. The molecule has 7 nitrogen and oxygen atoms in total. The Bertz CT molecular complexity index is 1110. The van der Waals surface area contributed by atoms with E-state index in [4.69, 9.17) is 9.84 Å². The van der Waals surface area contributed by atoms with Gasteiger partial charge in [-0.1, -0.05) is 36.4 Å². The summed E-state index contributed by atoms with van der Waals surface area (Å²) in [5.41, 5.74) is 5.67. The summed E-state index contributed by atoms with van der Waals surface area (Å²) in [6.45, 7) is 9.84. The Labute approximate surface area is 201 Å². The Kier molecular flexibility index (Phi) is 7.65. The van der Waals surface area contributed by atoms with Crippen molar-refractivity contribution in [1.29, 1.82) is 0 Å². The van der Waals surface area contributed by atoms with Gasteiger partial charge in [0.2, 0.25) is 0 Å². The first kappa shape index (κ1) is 23.6. The van der Waals surface area contributed by atoms with Gasteiger partial charge in [-0.25, -0.2) is 9.48 Å². The maximum Gasteiger partial charge on any atom is 0.317 e. The van der Waals surface area contributed by atoms with Crippen molar-refractivity contribution in [2.45, 2.75) is 33.0 Å². The van der Waals surface area contributed by atoms with Crippen molar-refractivity contribution in [3.63, 3.8) is 0 Å². The second-order valence-electron chi connectivity index (χ2n) is 8.42. The summed E-state index contributed by atoms with van der Waals surface area (Å²) in [6.07, 6.45) is 2.59. The minimum Gasteiger partial charge on any atom is -0.497 e. The highest BCUT2D eigenvalue weighted by molar-refractivity contribution is 5.74. The highest BCUT2D eigenvalue weighted by Crippen LogP contribution is 2.28. The quantitative estimate of drug-likeness (QED) is 0.488. The summed E-state index contributed by atoms with van der Waals surface area (Å²) < 4.78 is 7.37. The number of nitrogens with zero attached hydrogens (tertiary/aromatic N) is 4. The average molecular weight is 460 g/mol. The van der Waals surface area contributed by atoms with Gasteiger partial charge >= 0.3 is 6.03 Å². The van der Waals surface area contributed by atoms with Crippen molar-refractivity contribution in [2.75, 3.05) is 26.7 Å². The molecule has 178 valence electrons. The number of amides is 2. The number of ether oxygens (including phenoxy) is 1. The van der Waals surface area contributed by atoms with Crippen LogP contribution in [0.25, 0.3) is 5.69 Å². The van der Waals surface area contributed by atoms with Crippen molar-refractivity contribution >= 4 is 6.03 Å². The molecule has 0 radical (unpaired) electrons. The smallest absolute Gasteiger partial charge is 0.317 e. The summed E-state index contributed by atoms with van der Waals surface area (Å²) in [5.74, 6) is 0.815. The Morgan fingerprint density at radius 2 is 1.97 bits per heavy atom. The highest BCUT2D eigenvalue weighted by Gasteiger charge is 2.27. The zero-order valence-corrected chi connectivity index (χ0v) is 20.0. The monoisotopic (exact) mass is 459 g/mol. The second kappa shape index (κ2) is 11.0. The van der Waals surface area contributed by atoms with E-state index < -0.39 is 0 Å². The number of rotatable bonds is 9. The van der Waals surface area contributed by atoms with Gasteiger partial charge in [0.1, 0.15) is 5.75 Å². The van der Waals surface area contributed by atoms with Crippen LogP contribution in [0.3, 0.4) is 0 Å². The minimum atomic E-state index is -0.105. The molecule has 4 rings (SSSR count). The number of aromatic nitrogens is 2. The van der Waals surface area contributed by atoms with Gasteiger partial charge in [-0.2, -0.15) is 5.10 Å². The number of urea groups is 1. The fourth-order valence-corrected chi connectivity index (χ4v) is 4.36. The second-order valence-corrected chi connectivity index (χ2v) is 8.42. The van der Waals surface area contributed by atoms with Gasteiger partial charge < -0.3 is 15.0 Å². The van der Waals surface area contributed by atoms with E-state index in [1.165, 1.54) is 16.8 Å². The van der Waals surface area contributed by atoms with E-state index in [0.29, 0.717) is 19.6 Å². The number of hydrogen-bond donors (Lipinski definition) is 1. The lowest BCUT2D eigenvalue weighted by Gasteiger charge is -2.28. The lowest BCUT2D eigenvalue weighted by atomic mass is 10.0. The molecule has 2 aromatic carbocycles. The Balaban J connectivity index is 1.64. The van der Waals surface area contributed by atoms with Gasteiger partial charge in [0.15, 0.2) is 0 Å². The number of hydrogen-bond acceptors (Lipinski definition) is 4. The third kappa shape index (κ3) is 5.31. The molecule has 3 aromatic rings. The molecule has 0 saturated carbocycles. The number of carbonyl (C=O) groups is 1. The largest absolute Gasteiger partial charge is 0.497 e. The predicted molar refractivity (Wildman–Crippen MR) is 134 cm³/mol. The van der Waals surface area contributed by atoms with Crippen LogP contribution in [0.15, 0.2) is 67.3 Å². The average Bonchev–Trinajstić information content (AvgIpc) is 3.24. The maximum atomic E-state index is 12.7. The van der Waals surface area contributed by atoms with Crippen LogP contribution in [-0.2, 0) is 26.1 Å². The van der Waals surface area contributed by atoms with Crippen molar-refractivity contribution < 1.29 is 9.53 Å². The van der Waals surface area contributed by atoms with Gasteiger partial charge in [0.25, 0.3) is 0 Å². The maximum absolute atomic E-state index is 12.7. The van der Waals surface area contributed by atoms with Gasteiger partial charge in [-0.05, 0) is 36.8 Å². The molecular weight excluding hydrogens is 426 g/mol. The minimum absolute atomic E-state index is 0.105. The fraction of sp³-hybridized carbons (Fsp3) is 0.333. The van der Waals surface area contributed by atoms with Crippen molar-refractivity contribution in [1.82, 2.24) is 24.9 Å². The Morgan fingerprint density at radius 1 is 1.21 bits per heavy atom. The number of nitrogens with one attached hydrogen (secondary N) is 1. The Hall–Kier alpha value is -3.58. The van der Waals surface area contributed by atoms with Crippen LogP contribution >= 0.6 is 0 Å². The summed E-state index contributed by atoms with van der Waals surface area (Å²) in [5, 5.41) is 7.90. The van der Waals surface area contributed by atoms with E-state index in [1.807, 2.05) is 41.9 Å². The normalized spacial score (nSPS) is 13.2. The SMILES string of the molecule is C=CCNC(=O)N(CC)Cc1nn(-c2ccc(OC)cc2)c2c1CN(Cc1ccccc1)CC2. The summed E-state index contributed by atoms with van der Waals surface area (Å²) in [4.78, 5) is 16.9. The summed E-state index contributed by atoms with van der Waals surface area (Å²) in [7, 11) is 1.67. The van der Waals surface area contributed by atoms with Gasteiger partial charge in [0.05, 0.1) is 30.7 Å². The van der Waals surface area contributed by atoms with Gasteiger partial charge in [-0.3, -0.25) is 4.90 Å². The standard InChI is InChI=1S/C27H33N5O2/c1-4-16-28-27(33)31(5-2)20-25-24-19-30(18-21-9-7-6-8-10-21)17-15-26(24)32(29-25)22-11-13-23(34-3)14-12-22/h4,6-14H,1,5,15-20H2,2-3H3,(H,28,33). The molecule has 0 bridgehead atoms. The lowest BCUT2D eigenvalue weighted by Crippen LogP contribution is -2.40. The van der Waals surface area contributed by atoms with E-state index in [1.54, 1.807) is 18.1 Å². The first-order chi connectivity index (χ1) is 16.6. The van der Waals surface area contributed by atoms with E-state index in [0.717, 1.165) is 43.2 Å². The predicted octanol–water partition coefficient (Wildman–Crippen LogP) is 4.16. The summed E-state index contributed by atoms with van der Waals surface area (Å²) >= 11 is 0. The molecule has 2 heterocycles. The molecule has 34 heavy (non-hydrogen) atoms. The molecule has 1 N–H and O–H groups in total. The number of methoxy groups -OCH3 is 1. The van der Waals surface area contributed by atoms with Crippen LogP contribution in [0.5, 0.6) is 5.75 Å². The van der Waals surface area contributed by atoms with Gasteiger partial charge in [0, 0.05) is 44.7 Å². The molecule has 1 aromatic heterocycles. The third-order valence-corrected chi connectivity index (χ3v) is 6.19. The lowest BCUT2D eigenvalue weighted by molar-refractivity contribution is 0.197. The first-order valence-corrected chi connectivity index (χ1v) is 11.8. The molecule has 0 atom stereocenters. The van der Waals surface area contributed by atoms with Crippen molar-refractivity contribution in [2.24, 2.45) is 0 Å². The molecule has 2 amide bonds. The van der Waals surface area contributed by atoms with Crippen LogP contribution in [0.4, 0.5) is 4.79 Å². The zero-order valence-electron chi connectivity index (χ0n) is 20.0. The molecule has 1 aliphatic heterocycles. The highest BCUT2D eigenvalue weighted by atomic mass is 16.5. The van der Waals surface area contributed by atoms with Crippen LogP contribution < -0.4 is 10.1 Å². The molecule has 0 saturated heterocycles. The van der Waals surface area contributed by atoms with Crippen LogP contribution in [0.1, 0.15) is 29.4 Å². The first-order valence-electron chi connectivity index (χ1n) is 11.8. The summed E-state index contributed by atoms with van der Waals surface area (Å²) in [6, 6.07) is 18.4. The zero-order chi connectivity index (χ0) is 23.9. The van der Waals surface area contributed by atoms with Crippen molar-refractivity contribution in [3.05, 3.63) is 89.8 Å². The van der Waals surface area contributed by atoms with E-state index in [-0.39, 0.29) is 6.03 Å². The molecule has 1 aliphatic rings. The molecule has 0 spiro atoms. The molecule has 0 fully saturated rings. The van der Waals surface area contributed by atoms with Crippen molar-refractivity contribution in [3.8, 4) is 11.4 Å². The van der Waals surface area contributed by atoms with E-state index in [2.05, 4.69) is 41.1 Å². The van der Waals surface area contributed by atoms with Crippen LogP contribution in [-0.4, -0.2) is 52.4 Å². The topological polar surface area (TPSA) is 62.6 Å². The Morgan fingerprint density at radius 3 is 2.65 bits per heavy atom.